The van der Waals surface area contributed by atoms with Crippen LogP contribution in [0.2, 0.25) is 5.02 Å². The molecule has 0 aliphatic carbocycles. The molecule has 0 radical (unpaired) electrons. The third-order valence-electron chi connectivity index (χ3n) is 7.52. The lowest BCUT2D eigenvalue weighted by Gasteiger charge is -2.25. The van der Waals surface area contributed by atoms with E-state index >= 15 is 0 Å². The van der Waals surface area contributed by atoms with Crippen LogP contribution in [0, 0.1) is 11.3 Å². The number of carbonyl (C=O) groups is 1. The summed E-state index contributed by atoms with van der Waals surface area (Å²) in [5, 5.41) is 9.74. The quantitative estimate of drug-likeness (QED) is 0.163. The number of hydrogen-bond acceptors (Lipinski definition) is 10. The van der Waals surface area contributed by atoms with Gasteiger partial charge in [0, 0.05) is 5.56 Å². The highest BCUT2D eigenvalue weighted by molar-refractivity contribution is 7.07. The van der Waals surface area contributed by atoms with E-state index in [9.17, 15) is 14.9 Å². The van der Waals surface area contributed by atoms with E-state index in [0.29, 0.717) is 66.9 Å². The van der Waals surface area contributed by atoms with Gasteiger partial charge in [-0.2, -0.15) is 5.26 Å². The summed E-state index contributed by atoms with van der Waals surface area (Å²) in [7, 11) is 1.54. The normalized spacial score (nSPS) is 14.2. The molecule has 0 fully saturated rings. The minimum atomic E-state index is -0.839. The summed E-state index contributed by atoms with van der Waals surface area (Å²) in [5.41, 5.74) is 2.77. The van der Waals surface area contributed by atoms with Gasteiger partial charge < -0.3 is 23.7 Å². The van der Waals surface area contributed by atoms with Crippen molar-refractivity contribution >= 4 is 35.0 Å². The molecule has 0 bridgehead atoms. The molecule has 254 valence electrons. The molecule has 10 nitrogen and oxygen atoms in total. The maximum atomic E-state index is 14.2. The number of hydrogen-bond donors (Lipinski definition) is 0. The van der Waals surface area contributed by atoms with Crippen molar-refractivity contribution in [2.45, 2.75) is 53.4 Å². The number of nitrogens with zero attached hydrogens (tertiary/aromatic N) is 3. The molecule has 3 aromatic carbocycles. The van der Waals surface area contributed by atoms with Crippen LogP contribution in [0.3, 0.4) is 0 Å². The number of nitriles is 1. The highest BCUT2D eigenvalue weighted by atomic mass is 35.5. The summed E-state index contributed by atoms with van der Waals surface area (Å²) in [6.45, 7) is 9.73. The largest absolute Gasteiger partial charge is 0.493 e. The average Bonchev–Trinajstić information content (AvgIpc) is 3.37. The molecule has 0 amide bonds. The van der Waals surface area contributed by atoms with Crippen LogP contribution >= 0.6 is 22.9 Å². The van der Waals surface area contributed by atoms with Gasteiger partial charge in [-0.1, -0.05) is 47.2 Å². The molecule has 4 aromatic rings. The number of carbonyl (C=O) groups excluding carboxylic acids is 1. The summed E-state index contributed by atoms with van der Waals surface area (Å²) in [4.78, 5) is 32.7. The van der Waals surface area contributed by atoms with E-state index in [1.54, 1.807) is 56.3 Å². The minimum Gasteiger partial charge on any atom is -0.493 e. The summed E-state index contributed by atoms with van der Waals surface area (Å²) < 4.78 is 30.8. The third-order valence-corrected chi connectivity index (χ3v) is 8.79. The summed E-state index contributed by atoms with van der Waals surface area (Å²) in [5.74, 6) is 1.14. The Balaban J connectivity index is 1.61. The van der Waals surface area contributed by atoms with Crippen molar-refractivity contribution in [2.24, 2.45) is 4.99 Å². The van der Waals surface area contributed by atoms with Crippen LogP contribution in [-0.4, -0.2) is 37.0 Å². The Morgan fingerprint density at radius 3 is 2.55 bits per heavy atom. The summed E-state index contributed by atoms with van der Waals surface area (Å²) in [6, 6.07) is 17.2. The second kappa shape index (κ2) is 15.4. The van der Waals surface area contributed by atoms with Gasteiger partial charge in [0.15, 0.2) is 27.8 Å². The van der Waals surface area contributed by atoms with Crippen LogP contribution in [0.5, 0.6) is 23.0 Å². The molecular formula is C37H36ClN3O7S. The first kappa shape index (κ1) is 35.3. The van der Waals surface area contributed by atoms with E-state index in [1.807, 2.05) is 39.0 Å². The number of ether oxygens (including phenoxy) is 5. The molecule has 1 aliphatic rings. The zero-order chi connectivity index (χ0) is 35.2. The number of benzene rings is 3. The molecule has 0 spiro atoms. The van der Waals surface area contributed by atoms with Crippen molar-refractivity contribution in [1.29, 1.82) is 5.26 Å². The molecule has 12 heteroatoms. The second-order valence-electron chi connectivity index (χ2n) is 11.2. The molecule has 49 heavy (non-hydrogen) atoms. The van der Waals surface area contributed by atoms with Crippen molar-refractivity contribution in [3.8, 4) is 29.1 Å². The van der Waals surface area contributed by atoms with E-state index in [2.05, 4.69) is 11.1 Å². The first-order chi connectivity index (χ1) is 23.6. The van der Waals surface area contributed by atoms with Crippen molar-refractivity contribution in [3.05, 3.63) is 113 Å². The molecular weight excluding hydrogens is 666 g/mol. The lowest BCUT2D eigenvalue weighted by Crippen LogP contribution is -2.40. The Labute approximate surface area is 293 Å². The van der Waals surface area contributed by atoms with Crippen LogP contribution in [0.4, 0.5) is 0 Å². The van der Waals surface area contributed by atoms with Gasteiger partial charge in [0.1, 0.15) is 6.61 Å². The van der Waals surface area contributed by atoms with E-state index in [0.717, 1.165) is 0 Å². The van der Waals surface area contributed by atoms with Gasteiger partial charge in [-0.05, 0) is 82.2 Å². The van der Waals surface area contributed by atoms with Crippen LogP contribution < -0.4 is 33.8 Å². The Morgan fingerprint density at radius 2 is 1.86 bits per heavy atom. The van der Waals surface area contributed by atoms with E-state index in [4.69, 9.17) is 35.3 Å². The second-order valence-corrected chi connectivity index (χ2v) is 12.6. The molecule has 1 aliphatic heterocycles. The molecule has 0 saturated heterocycles. The minimum absolute atomic E-state index is 0.0905. The first-order valence-electron chi connectivity index (χ1n) is 15.7. The van der Waals surface area contributed by atoms with Gasteiger partial charge in [0.05, 0.1) is 64.9 Å². The Kier molecular flexibility index (Phi) is 11.1. The Morgan fingerprint density at radius 1 is 1.08 bits per heavy atom. The standard InChI is InChI=1S/C37H36ClN3O7S/c1-7-45-30-16-23(15-27(38)34(30)47-20-26-12-10-9-11-25(26)19-39)17-31-35(42)41-33(24-13-14-28(48-21(3)4)29(18-24)44-6)32(36(43)46-8-2)22(5)40-37(41)49-31/h9-18,21,33H,7-8,20H2,1-6H3/b31-17-/t33-/m1/s1. The highest BCUT2D eigenvalue weighted by Crippen LogP contribution is 2.39. The van der Waals surface area contributed by atoms with Crippen LogP contribution in [-0.2, 0) is 16.1 Å². The highest BCUT2D eigenvalue weighted by Gasteiger charge is 2.34. The van der Waals surface area contributed by atoms with Crippen molar-refractivity contribution in [3.63, 3.8) is 0 Å². The Bertz CT molecular complexity index is 2150. The number of aromatic nitrogens is 1. The zero-order valence-electron chi connectivity index (χ0n) is 28.0. The van der Waals surface area contributed by atoms with Gasteiger partial charge >= 0.3 is 5.97 Å². The van der Waals surface area contributed by atoms with Crippen molar-refractivity contribution in [2.75, 3.05) is 20.3 Å². The SMILES string of the molecule is CCOC(=O)C1=C(C)N=c2s/c(=C\c3cc(Cl)c(OCc4ccccc4C#N)c(OCC)c3)c(=O)n2[C@@H]1c1ccc(OC(C)C)c(OC)c1. The summed E-state index contributed by atoms with van der Waals surface area (Å²) >= 11 is 7.92. The predicted octanol–water partition coefficient (Wildman–Crippen LogP) is 6.10. The average molecular weight is 702 g/mol. The monoisotopic (exact) mass is 701 g/mol. The van der Waals surface area contributed by atoms with Crippen LogP contribution in [0.15, 0.2) is 75.7 Å². The zero-order valence-corrected chi connectivity index (χ0v) is 29.6. The number of esters is 1. The lowest BCUT2D eigenvalue weighted by atomic mass is 9.95. The molecule has 2 heterocycles. The fourth-order valence-electron chi connectivity index (χ4n) is 5.44. The molecule has 5 rings (SSSR count). The molecule has 1 atom stereocenters. The maximum Gasteiger partial charge on any atom is 0.338 e. The number of allylic oxidation sites excluding steroid dienone is 1. The number of halogens is 1. The maximum absolute atomic E-state index is 14.2. The van der Waals surface area contributed by atoms with Gasteiger partial charge in [-0.25, -0.2) is 9.79 Å². The topological polar surface area (TPSA) is 121 Å². The predicted molar refractivity (Wildman–Crippen MR) is 187 cm³/mol. The van der Waals surface area contributed by atoms with Crippen LogP contribution in [0.1, 0.15) is 62.9 Å². The number of fused-ring (bicyclic) bond motifs is 1. The van der Waals surface area contributed by atoms with Gasteiger partial charge in [0.2, 0.25) is 0 Å². The van der Waals surface area contributed by atoms with E-state index < -0.39 is 12.0 Å². The van der Waals surface area contributed by atoms with Crippen molar-refractivity contribution < 1.29 is 28.5 Å². The number of methoxy groups -OCH3 is 1. The number of rotatable bonds is 12. The fraction of sp³-hybridized carbons (Fsp3) is 0.297. The summed E-state index contributed by atoms with van der Waals surface area (Å²) in [6.07, 6.45) is 1.61. The smallest absolute Gasteiger partial charge is 0.338 e. The molecule has 1 aromatic heterocycles. The van der Waals surface area contributed by atoms with Gasteiger partial charge in [-0.15, -0.1) is 0 Å². The van der Waals surface area contributed by atoms with E-state index in [-0.39, 0.29) is 35.5 Å². The first-order valence-corrected chi connectivity index (χ1v) is 16.9. The fourth-order valence-corrected chi connectivity index (χ4v) is 6.76. The molecule has 0 unspecified atom stereocenters. The molecule has 0 saturated carbocycles. The van der Waals surface area contributed by atoms with Gasteiger partial charge in [-0.3, -0.25) is 9.36 Å². The van der Waals surface area contributed by atoms with Crippen molar-refractivity contribution in [1.82, 2.24) is 4.57 Å². The third kappa shape index (κ3) is 7.51. The number of thiazole rings is 1. The van der Waals surface area contributed by atoms with Crippen LogP contribution in [0.25, 0.3) is 6.08 Å². The molecule has 0 N–H and O–H groups in total. The lowest BCUT2D eigenvalue weighted by molar-refractivity contribution is -0.139. The van der Waals surface area contributed by atoms with Gasteiger partial charge in [0.25, 0.3) is 5.56 Å². The Hall–Kier alpha value is -5.05. The van der Waals surface area contributed by atoms with E-state index in [1.165, 1.54) is 23.0 Å².